The summed E-state index contributed by atoms with van der Waals surface area (Å²) in [5.41, 5.74) is 0. The van der Waals surface area contributed by atoms with Crippen LogP contribution in [-0.2, 0) is 19.1 Å². The standard InChI is InChI=1S/C11H19NO4/c1-5-6-7-16-9(3)10(13)12-8(2)11(14)15-4/h5,8-9H,1,6-7H2,2-4H3,(H,12,13)/t8-,9?/m0/s1. The van der Waals surface area contributed by atoms with Gasteiger partial charge in [0.15, 0.2) is 0 Å². The van der Waals surface area contributed by atoms with Gasteiger partial charge in [-0.15, -0.1) is 6.58 Å². The Labute approximate surface area is 95.8 Å². The van der Waals surface area contributed by atoms with E-state index >= 15 is 0 Å². The molecule has 0 aliphatic heterocycles. The molecule has 16 heavy (non-hydrogen) atoms. The molecule has 0 saturated carbocycles. The molecule has 0 radical (unpaired) electrons. The van der Waals surface area contributed by atoms with Crippen molar-refractivity contribution >= 4 is 11.9 Å². The van der Waals surface area contributed by atoms with Crippen molar-refractivity contribution in [2.75, 3.05) is 13.7 Å². The van der Waals surface area contributed by atoms with Gasteiger partial charge in [-0.25, -0.2) is 4.79 Å². The fourth-order valence-corrected chi connectivity index (χ4v) is 0.970. The molecule has 1 amide bonds. The van der Waals surface area contributed by atoms with E-state index in [-0.39, 0.29) is 5.91 Å². The molecule has 1 N–H and O–H groups in total. The van der Waals surface area contributed by atoms with Gasteiger partial charge in [-0.3, -0.25) is 4.79 Å². The summed E-state index contributed by atoms with van der Waals surface area (Å²) in [6, 6.07) is -0.664. The minimum absolute atomic E-state index is 0.332. The Morgan fingerprint density at radius 2 is 2.06 bits per heavy atom. The van der Waals surface area contributed by atoms with Gasteiger partial charge in [-0.05, 0) is 20.3 Å². The van der Waals surface area contributed by atoms with Gasteiger partial charge in [0.1, 0.15) is 12.1 Å². The first-order valence-corrected chi connectivity index (χ1v) is 5.13. The van der Waals surface area contributed by atoms with E-state index in [1.54, 1.807) is 19.9 Å². The first-order valence-electron chi connectivity index (χ1n) is 5.13. The molecule has 1 unspecified atom stereocenters. The molecule has 5 nitrogen and oxygen atoms in total. The van der Waals surface area contributed by atoms with Crippen LogP contribution in [0.2, 0.25) is 0 Å². The van der Waals surface area contributed by atoms with Crippen molar-refractivity contribution in [2.24, 2.45) is 0 Å². The summed E-state index contributed by atoms with van der Waals surface area (Å²) >= 11 is 0. The number of hydrogen-bond acceptors (Lipinski definition) is 4. The van der Waals surface area contributed by atoms with Gasteiger partial charge in [-0.1, -0.05) is 6.08 Å². The van der Waals surface area contributed by atoms with Gasteiger partial charge in [0.2, 0.25) is 5.91 Å². The third-order valence-corrected chi connectivity index (χ3v) is 1.97. The third kappa shape index (κ3) is 5.50. The first kappa shape index (κ1) is 14.6. The maximum Gasteiger partial charge on any atom is 0.328 e. The number of nitrogens with one attached hydrogen (secondary N) is 1. The molecule has 92 valence electrons. The van der Waals surface area contributed by atoms with Crippen LogP contribution in [0.4, 0.5) is 0 Å². The lowest BCUT2D eigenvalue weighted by Gasteiger charge is -2.16. The summed E-state index contributed by atoms with van der Waals surface area (Å²) in [7, 11) is 1.27. The molecule has 0 spiro atoms. The number of esters is 1. The number of rotatable bonds is 7. The predicted octanol–water partition coefficient (Wildman–Crippen LogP) is 0.645. The lowest BCUT2D eigenvalue weighted by molar-refractivity contribution is -0.146. The number of methoxy groups -OCH3 is 1. The highest BCUT2D eigenvalue weighted by Gasteiger charge is 2.19. The van der Waals surface area contributed by atoms with Gasteiger partial charge in [-0.2, -0.15) is 0 Å². The molecule has 0 aromatic heterocycles. The van der Waals surface area contributed by atoms with Crippen LogP contribution >= 0.6 is 0 Å². The van der Waals surface area contributed by atoms with Crippen LogP contribution in [0, 0.1) is 0 Å². The predicted molar refractivity (Wildman–Crippen MR) is 59.8 cm³/mol. The molecule has 0 aliphatic carbocycles. The Morgan fingerprint density at radius 3 is 2.56 bits per heavy atom. The molecule has 0 aliphatic rings. The molecule has 0 aromatic rings. The molecular formula is C11H19NO4. The lowest BCUT2D eigenvalue weighted by atomic mass is 10.3. The largest absolute Gasteiger partial charge is 0.467 e. The van der Waals surface area contributed by atoms with Gasteiger partial charge < -0.3 is 14.8 Å². The molecule has 0 bridgehead atoms. The number of carbonyl (C=O) groups excluding carboxylic acids is 2. The molecule has 0 fully saturated rings. The van der Waals surface area contributed by atoms with Gasteiger partial charge in [0.25, 0.3) is 0 Å². The average Bonchev–Trinajstić information content (AvgIpc) is 2.27. The van der Waals surface area contributed by atoms with Crippen molar-refractivity contribution in [3.8, 4) is 0 Å². The smallest absolute Gasteiger partial charge is 0.328 e. The molecular weight excluding hydrogens is 210 g/mol. The van der Waals surface area contributed by atoms with Gasteiger partial charge in [0, 0.05) is 0 Å². The molecule has 0 aromatic carbocycles. The first-order chi connectivity index (χ1) is 7.52. The minimum Gasteiger partial charge on any atom is -0.467 e. The Hall–Kier alpha value is -1.36. The van der Waals surface area contributed by atoms with E-state index in [2.05, 4.69) is 16.6 Å². The molecule has 0 rings (SSSR count). The second-order valence-electron chi connectivity index (χ2n) is 3.34. The van der Waals surface area contributed by atoms with E-state index in [1.165, 1.54) is 7.11 Å². The summed E-state index contributed by atoms with van der Waals surface area (Å²) in [6.45, 7) is 7.16. The van der Waals surface area contributed by atoms with Crippen LogP contribution < -0.4 is 5.32 Å². The van der Waals surface area contributed by atoms with E-state index in [0.717, 1.165) is 0 Å². The van der Waals surface area contributed by atoms with E-state index in [0.29, 0.717) is 13.0 Å². The van der Waals surface area contributed by atoms with Crippen molar-refractivity contribution in [3.63, 3.8) is 0 Å². The number of ether oxygens (including phenoxy) is 2. The monoisotopic (exact) mass is 229 g/mol. The van der Waals surface area contributed by atoms with Crippen LogP contribution in [0.15, 0.2) is 12.7 Å². The topological polar surface area (TPSA) is 64.6 Å². The zero-order valence-corrected chi connectivity index (χ0v) is 9.99. The van der Waals surface area contributed by atoms with Crippen LogP contribution in [0.1, 0.15) is 20.3 Å². The van der Waals surface area contributed by atoms with Gasteiger partial charge in [0.05, 0.1) is 13.7 Å². The number of amides is 1. The summed E-state index contributed by atoms with van der Waals surface area (Å²) < 4.78 is 9.71. The minimum atomic E-state index is -0.664. The van der Waals surface area contributed by atoms with Crippen molar-refractivity contribution in [1.29, 1.82) is 0 Å². The Bertz CT molecular complexity index is 252. The zero-order chi connectivity index (χ0) is 12.6. The van der Waals surface area contributed by atoms with Gasteiger partial charge >= 0.3 is 5.97 Å². The summed E-state index contributed by atoms with van der Waals surface area (Å²) in [5.74, 6) is -0.811. The highest BCUT2D eigenvalue weighted by atomic mass is 16.5. The second-order valence-corrected chi connectivity index (χ2v) is 3.34. The van der Waals surface area contributed by atoms with Crippen LogP contribution in [0.5, 0.6) is 0 Å². The molecule has 5 heteroatoms. The maximum absolute atomic E-state index is 11.5. The van der Waals surface area contributed by atoms with Crippen molar-refractivity contribution in [3.05, 3.63) is 12.7 Å². The number of hydrogen-bond donors (Lipinski definition) is 1. The summed E-state index contributed by atoms with van der Waals surface area (Å²) in [5, 5.41) is 2.49. The molecule has 2 atom stereocenters. The Kier molecular flexibility index (Phi) is 7.20. The third-order valence-electron chi connectivity index (χ3n) is 1.97. The fourth-order valence-electron chi connectivity index (χ4n) is 0.970. The van der Waals surface area contributed by atoms with E-state index in [4.69, 9.17) is 4.74 Å². The molecule has 0 heterocycles. The van der Waals surface area contributed by atoms with Crippen LogP contribution in [0.25, 0.3) is 0 Å². The van der Waals surface area contributed by atoms with Crippen molar-refractivity contribution in [1.82, 2.24) is 5.32 Å². The van der Waals surface area contributed by atoms with Crippen molar-refractivity contribution in [2.45, 2.75) is 32.4 Å². The highest BCUT2D eigenvalue weighted by molar-refractivity contribution is 5.86. The molecule has 0 saturated heterocycles. The van der Waals surface area contributed by atoms with E-state index < -0.39 is 18.1 Å². The summed E-state index contributed by atoms with van der Waals surface area (Å²) in [6.07, 6.45) is 1.80. The van der Waals surface area contributed by atoms with E-state index in [9.17, 15) is 9.59 Å². The quantitative estimate of drug-likeness (QED) is 0.395. The highest BCUT2D eigenvalue weighted by Crippen LogP contribution is 1.95. The maximum atomic E-state index is 11.5. The Morgan fingerprint density at radius 1 is 1.44 bits per heavy atom. The van der Waals surface area contributed by atoms with Crippen LogP contribution in [-0.4, -0.2) is 37.7 Å². The fraction of sp³-hybridized carbons (Fsp3) is 0.636. The van der Waals surface area contributed by atoms with E-state index in [1.807, 2.05) is 0 Å². The normalized spacial score (nSPS) is 13.7. The SMILES string of the molecule is C=CCCOC(C)C(=O)N[C@@H](C)C(=O)OC. The second kappa shape index (κ2) is 7.87. The number of carbonyl (C=O) groups is 2. The summed E-state index contributed by atoms with van der Waals surface area (Å²) in [4.78, 5) is 22.5. The zero-order valence-electron chi connectivity index (χ0n) is 9.99. The average molecular weight is 229 g/mol. The lowest BCUT2D eigenvalue weighted by Crippen LogP contribution is -2.44. The Balaban J connectivity index is 3.94. The van der Waals surface area contributed by atoms with Crippen molar-refractivity contribution < 1.29 is 19.1 Å². The van der Waals surface area contributed by atoms with Crippen LogP contribution in [0.3, 0.4) is 0 Å².